The Kier molecular flexibility index (Phi) is 12.5. The highest BCUT2D eigenvalue weighted by atomic mass is 16.5. The molecule has 0 bridgehead atoms. The first-order valence-corrected chi connectivity index (χ1v) is 9.15. The highest BCUT2D eigenvalue weighted by Gasteiger charge is 2.17. The molecule has 0 aliphatic heterocycles. The number of hydrogen-bond donors (Lipinski definition) is 1. The summed E-state index contributed by atoms with van der Waals surface area (Å²) in [4.78, 5) is 6.55. The minimum atomic E-state index is 0.277. The summed E-state index contributed by atoms with van der Waals surface area (Å²) < 4.78 is 7.63. The van der Waals surface area contributed by atoms with E-state index in [0.29, 0.717) is 6.02 Å². The second-order valence-electron chi connectivity index (χ2n) is 6.64. The van der Waals surface area contributed by atoms with E-state index in [1.165, 1.54) is 44.9 Å². The molecule has 0 saturated heterocycles. The lowest BCUT2D eigenvalue weighted by atomic mass is 10.0. The fourth-order valence-corrected chi connectivity index (χ4v) is 2.59. The van der Waals surface area contributed by atoms with Crippen LogP contribution in [0.2, 0.25) is 0 Å². The van der Waals surface area contributed by atoms with Crippen molar-refractivity contribution in [3.05, 3.63) is 0 Å². The summed E-state index contributed by atoms with van der Waals surface area (Å²) in [5.74, 6) is 0. The van der Waals surface area contributed by atoms with E-state index in [4.69, 9.17) is 10.5 Å². The van der Waals surface area contributed by atoms with Crippen molar-refractivity contribution >= 4 is 12.0 Å². The number of nitrogens with two attached hydrogens (primary N) is 1. The van der Waals surface area contributed by atoms with Gasteiger partial charge in [0.25, 0.3) is 6.02 Å². The molecule has 136 valence electrons. The van der Waals surface area contributed by atoms with Gasteiger partial charge in [-0.05, 0) is 12.8 Å². The lowest BCUT2D eigenvalue weighted by molar-refractivity contribution is -0.478. The highest BCUT2D eigenvalue weighted by molar-refractivity contribution is 5.85. The third-order valence-corrected chi connectivity index (χ3v) is 3.80. The van der Waals surface area contributed by atoms with Gasteiger partial charge in [0.15, 0.2) is 0 Å². The molecule has 0 radical (unpaired) electrons. The maximum absolute atomic E-state index is 6.04. The molecule has 0 heterocycles. The van der Waals surface area contributed by atoms with Crippen molar-refractivity contribution in [1.82, 2.24) is 4.90 Å². The van der Waals surface area contributed by atoms with Crippen LogP contribution in [-0.4, -0.2) is 55.8 Å². The second kappa shape index (κ2) is 13.2. The first-order valence-electron chi connectivity index (χ1n) is 9.15. The number of ether oxygens (including phenoxy) is 1. The van der Waals surface area contributed by atoms with Crippen molar-refractivity contribution < 1.29 is 9.31 Å². The van der Waals surface area contributed by atoms with Crippen molar-refractivity contribution in [2.24, 2.45) is 10.7 Å². The minimum Gasteiger partial charge on any atom is -0.358 e. The number of hydrogen-bond acceptors (Lipinski definition) is 2. The van der Waals surface area contributed by atoms with Crippen molar-refractivity contribution in [2.45, 2.75) is 77.7 Å². The van der Waals surface area contributed by atoms with Crippen LogP contribution in [0.15, 0.2) is 4.99 Å². The summed E-state index contributed by atoms with van der Waals surface area (Å²) in [7, 11) is 7.75. The van der Waals surface area contributed by atoms with Gasteiger partial charge in [0, 0.05) is 0 Å². The summed E-state index contributed by atoms with van der Waals surface area (Å²) in [5, 5.41) is 0. The van der Waals surface area contributed by atoms with E-state index in [2.05, 4.69) is 18.8 Å². The molecule has 0 aliphatic rings. The molecule has 0 spiro atoms. The highest BCUT2D eigenvalue weighted by Crippen LogP contribution is 2.15. The number of amidine groups is 2. The summed E-state index contributed by atoms with van der Waals surface area (Å²) in [5.41, 5.74) is 6.04. The van der Waals surface area contributed by atoms with E-state index in [9.17, 15) is 0 Å². The lowest BCUT2D eigenvalue weighted by Gasteiger charge is -2.15. The summed E-state index contributed by atoms with van der Waals surface area (Å²) in [6, 6.07) is 1.26. The monoisotopic (exact) mass is 327 g/mol. The zero-order valence-corrected chi connectivity index (χ0v) is 16.3. The lowest BCUT2D eigenvalue weighted by Crippen LogP contribution is -2.36. The second-order valence-corrected chi connectivity index (χ2v) is 6.64. The van der Waals surface area contributed by atoms with E-state index >= 15 is 0 Å². The molecule has 2 N–H and O–H groups in total. The first-order chi connectivity index (χ1) is 10.9. The maximum atomic E-state index is 6.04. The van der Waals surface area contributed by atoms with Crippen LogP contribution in [0.3, 0.4) is 0 Å². The van der Waals surface area contributed by atoms with Gasteiger partial charge in [-0.25, -0.2) is 14.5 Å². The smallest absolute Gasteiger partial charge is 0.358 e. The predicted molar refractivity (Wildman–Crippen MR) is 100 cm³/mol. The van der Waals surface area contributed by atoms with Crippen molar-refractivity contribution in [3.8, 4) is 0 Å². The van der Waals surface area contributed by atoms with Crippen LogP contribution in [0.25, 0.3) is 0 Å². The van der Waals surface area contributed by atoms with Crippen LogP contribution in [0, 0.1) is 0 Å². The Balaban J connectivity index is 4.69. The standard InChI is InChI=1S/C18H39N4O/c1-7-9-11-13-15-16(14-12-10-8-2)20-17(19)23-18(21(3)4)22(5)6/h16H,7-15H2,1-6H3,(H2,19,20)/q+1. The molecule has 0 saturated carbocycles. The SMILES string of the molecule is CCCCCCC(CCCCC)N=C(N)OC(N(C)C)=[N+](C)C. The quantitative estimate of drug-likeness (QED) is 0.289. The summed E-state index contributed by atoms with van der Waals surface area (Å²) in [6.07, 6.45) is 11.0. The number of nitrogens with zero attached hydrogens (tertiary/aromatic N) is 3. The van der Waals surface area contributed by atoms with Crippen molar-refractivity contribution in [1.29, 1.82) is 0 Å². The normalized spacial score (nSPS) is 12.9. The molecular formula is C18H39N4O+. The van der Waals surface area contributed by atoms with Crippen molar-refractivity contribution in [2.75, 3.05) is 28.2 Å². The zero-order valence-electron chi connectivity index (χ0n) is 16.3. The zero-order chi connectivity index (χ0) is 17.7. The molecule has 0 aliphatic carbocycles. The molecule has 5 heteroatoms. The summed E-state index contributed by atoms with van der Waals surface area (Å²) >= 11 is 0. The van der Waals surface area contributed by atoms with Crippen molar-refractivity contribution in [3.63, 3.8) is 0 Å². The van der Waals surface area contributed by atoms with Gasteiger partial charge in [-0.1, -0.05) is 58.8 Å². The topological polar surface area (TPSA) is 53.9 Å². The fourth-order valence-electron chi connectivity index (χ4n) is 2.59. The van der Waals surface area contributed by atoms with Crippen LogP contribution in [-0.2, 0) is 4.74 Å². The molecule has 0 amide bonds. The molecule has 0 aromatic rings. The van der Waals surface area contributed by atoms with Gasteiger partial charge in [-0.15, -0.1) is 0 Å². The third-order valence-electron chi connectivity index (χ3n) is 3.80. The van der Waals surface area contributed by atoms with E-state index < -0.39 is 0 Å². The van der Waals surface area contributed by atoms with Gasteiger partial charge >= 0.3 is 6.02 Å². The van der Waals surface area contributed by atoms with Gasteiger partial charge < -0.3 is 10.5 Å². The van der Waals surface area contributed by atoms with E-state index in [1.807, 2.05) is 37.7 Å². The van der Waals surface area contributed by atoms with E-state index in [-0.39, 0.29) is 12.1 Å². The van der Waals surface area contributed by atoms with Crippen LogP contribution in [0.5, 0.6) is 0 Å². The molecule has 1 atom stereocenters. The van der Waals surface area contributed by atoms with Crippen LogP contribution >= 0.6 is 0 Å². The van der Waals surface area contributed by atoms with Gasteiger partial charge in [0.05, 0.1) is 34.2 Å². The van der Waals surface area contributed by atoms with E-state index in [0.717, 1.165) is 12.8 Å². The Labute approximate surface area is 143 Å². The Morgan fingerprint density at radius 3 is 2.00 bits per heavy atom. The third kappa shape index (κ3) is 11.0. The summed E-state index contributed by atoms with van der Waals surface area (Å²) in [6.45, 7) is 4.47. The van der Waals surface area contributed by atoms with Gasteiger partial charge in [0.2, 0.25) is 0 Å². The van der Waals surface area contributed by atoms with Crippen LogP contribution in [0.4, 0.5) is 0 Å². The van der Waals surface area contributed by atoms with Gasteiger partial charge in [-0.2, -0.15) is 0 Å². The number of unbranched alkanes of at least 4 members (excludes halogenated alkanes) is 5. The molecule has 0 fully saturated rings. The average Bonchev–Trinajstić information content (AvgIpc) is 2.48. The number of aliphatic imine (C=N–C) groups is 1. The molecule has 23 heavy (non-hydrogen) atoms. The average molecular weight is 328 g/mol. The fraction of sp³-hybridized carbons (Fsp3) is 0.889. The van der Waals surface area contributed by atoms with E-state index in [1.54, 1.807) is 0 Å². The van der Waals surface area contributed by atoms with Gasteiger partial charge in [0.1, 0.15) is 0 Å². The molecular weight excluding hydrogens is 288 g/mol. The van der Waals surface area contributed by atoms with Crippen LogP contribution in [0.1, 0.15) is 71.6 Å². The molecule has 5 nitrogen and oxygen atoms in total. The van der Waals surface area contributed by atoms with Gasteiger partial charge in [-0.3, -0.25) is 0 Å². The maximum Gasteiger partial charge on any atom is 0.453 e. The largest absolute Gasteiger partial charge is 0.453 e. The number of rotatable bonds is 10. The Morgan fingerprint density at radius 1 is 1.00 bits per heavy atom. The molecule has 0 rings (SSSR count). The first kappa shape index (κ1) is 21.7. The Bertz CT molecular complexity index is 360. The minimum absolute atomic E-state index is 0.277. The molecule has 1 unspecified atom stereocenters. The van der Waals surface area contributed by atoms with Crippen LogP contribution < -0.4 is 5.73 Å². The molecule has 0 aromatic heterocycles. The molecule has 0 aromatic carbocycles. The Morgan fingerprint density at radius 2 is 1.52 bits per heavy atom. The predicted octanol–water partition coefficient (Wildman–Crippen LogP) is 3.43. The Hall–Kier alpha value is -1.26.